The molecule has 0 saturated heterocycles. The van der Waals surface area contributed by atoms with Gasteiger partial charge in [0.1, 0.15) is 5.75 Å². The van der Waals surface area contributed by atoms with E-state index in [0.29, 0.717) is 29.3 Å². The lowest BCUT2D eigenvalue weighted by Crippen LogP contribution is -1.97. The lowest BCUT2D eigenvalue weighted by atomic mass is 10.1. The second-order valence-electron chi connectivity index (χ2n) is 2.75. The fraction of sp³-hybridized carbons (Fsp3) is 0.333. The number of phenols is 1. The first-order chi connectivity index (χ1) is 6.15. The van der Waals surface area contributed by atoms with E-state index in [0.717, 1.165) is 0 Å². The molecule has 0 aliphatic carbocycles. The summed E-state index contributed by atoms with van der Waals surface area (Å²) in [5, 5.41) is 10.0. The van der Waals surface area contributed by atoms with Gasteiger partial charge in [0.05, 0.1) is 12.3 Å². The van der Waals surface area contributed by atoms with Crippen LogP contribution in [0.5, 0.6) is 5.75 Å². The fourth-order valence-corrected chi connectivity index (χ4v) is 1.33. The highest BCUT2D eigenvalue weighted by molar-refractivity contribution is 6.31. The third-order valence-corrected chi connectivity index (χ3v) is 1.98. The molecular formula is C9H12ClNO2. The monoisotopic (exact) mass is 201 g/mol. The number of aromatic hydroxyl groups is 1. The molecule has 13 heavy (non-hydrogen) atoms. The molecule has 4 heteroatoms. The van der Waals surface area contributed by atoms with Gasteiger partial charge in [-0.1, -0.05) is 11.6 Å². The van der Waals surface area contributed by atoms with Crippen molar-refractivity contribution in [3.63, 3.8) is 0 Å². The number of anilines is 1. The summed E-state index contributed by atoms with van der Waals surface area (Å²) in [5.74, 6) is 0.0986. The van der Waals surface area contributed by atoms with Crippen LogP contribution in [0.15, 0.2) is 12.1 Å². The van der Waals surface area contributed by atoms with Crippen LogP contribution in [-0.2, 0) is 11.2 Å². The van der Waals surface area contributed by atoms with E-state index in [4.69, 9.17) is 22.1 Å². The average Bonchev–Trinajstić information content (AvgIpc) is 2.09. The summed E-state index contributed by atoms with van der Waals surface area (Å²) in [6.07, 6.45) is 0.604. The second kappa shape index (κ2) is 4.35. The third kappa shape index (κ3) is 2.50. The number of nitrogen functional groups attached to an aromatic ring is 1. The minimum atomic E-state index is 0.0986. The molecule has 0 atom stereocenters. The van der Waals surface area contributed by atoms with Gasteiger partial charge in [0.2, 0.25) is 0 Å². The average molecular weight is 202 g/mol. The highest BCUT2D eigenvalue weighted by atomic mass is 35.5. The van der Waals surface area contributed by atoms with Gasteiger partial charge in [-0.2, -0.15) is 0 Å². The van der Waals surface area contributed by atoms with Crippen molar-refractivity contribution in [3.8, 4) is 5.75 Å². The first kappa shape index (κ1) is 10.2. The van der Waals surface area contributed by atoms with Crippen LogP contribution in [0.25, 0.3) is 0 Å². The van der Waals surface area contributed by atoms with Gasteiger partial charge in [-0.25, -0.2) is 0 Å². The van der Waals surface area contributed by atoms with Crippen molar-refractivity contribution >= 4 is 17.3 Å². The number of ether oxygens (including phenoxy) is 1. The van der Waals surface area contributed by atoms with Gasteiger partial charge >= 0.3 is 0 Å². The van der Waals surface area contributed by atoms with Crippen LogP contribution in [0.4, 0.5) is 5.69 Å². The van der Waals surface area contributed by atoms with Crippen LogP contribution in [0.2, 0.25) is 5.02 Å². The van der Waals surface area contributed by atoms with E-state index in [1.54, 1.807) is 13.2 Å². The predicted molar refractivity (Wildman–Crippen MR) is 53.1 cm³/mol. The molecule has 1 aromatic rings. The Hall–Kier alpha value is -0.930. The Bertz CT molecular complexity index is 302. The maximum atomic E-state index is 9.51. The molecule has 0 amide bonds. The number of phenolic OH excluding ortho intramolecular Hbond substituents is 1. The van der Waals surface area contributed by atoms with Crippen molar-refractivity contribution < 1.29 is 9.84 Å². The van der Waals surface area contributed by atoms with Gasteiger partial charge in [-0.15, -0.1) is 0 Å². The molecule has 1 rings (SSSR count). The summed E-state index contributed by atoms with van der Waals surface area (Å²) in [5.41, 5.74) is 6.54. The zero-order valence-corrected chi connectivity index (χ0v) is 8.14. The van der Waals surface area contributed by atoms with Gasteiger partial charge in [-0.05, 0) is 24.1 Å². The minimum Gasteiger partial charge on any atom is -0.506 e. The number of benzene rings is 1. The van der Waals surface area contributed by atoms with Gasteiger partial charge in [0.15, 0.2) is 0 Å². The summed E-state index contributed by atoms with van der Waals surface area (Å²) >= 11 is 5.77. The summed E-state index contributed by atoms with van der Waals surface area (Å²) in [6.45, 7) is 0.535. The number of methoxy groups -OCH3 is 1. The van der Waals surface area contributed by atoms with Crippen molar-refractivity contribution in [2.75, 3.05) is 19.5 Å². The SMILES string of the molecule is COCCc1cc(Cl)cc(N)c1O. The van der Waals surface area contributed by atoms with Gasteiger partial charge in [0, 0.05) is 12.1 Å². The summed E-state index contributed by atoms with van der Waals surface area (Å²) in [4.78, 5) is 0. The molecule has 0 aliphatic rings. The Balaban J connectivity index is 2.92. The molecule has 0 bridgehead atoms. The van der Waals surface area contributed by atoms with E-state index in [-0.39, 0.29) is 5.75 Å². The smallest absolute Gasteiger partial charge is 0.141 e. The van der Waals surface area contributed by atoms with Crippen LogP contribution >= 0.6 is 11.6 Å². The minimum absolute atomic E-state index is 0.0986. The van der Waals surface area contributed by atoms with E-state index >= 15 is 0 Å². The zero-order valence-electron chi connectivity index (χ0n) is 7.38. The molecule has 0 radical (unpaired) electrons. The number of hydrogen-bond donors (Lipinski definition) is 2. The highest BCUT2D eigenvalue weighted by Gasteiger charge is 2.06. The van der Waals surface area contributed by atoms with Gasteiger partial charge in [-0.3, -0.25) is 0 Å². The van der Waals surface area contributed by atoms with Crippen LogP contribution < -0.4 is 5.73 Å². The zero-order chi connectivity index (χ0) is 9.84. The van der Waals surface area contributed by atoms with Crippen molar-refractivity contribution in [2.24, 2.45) is 0 Å². The molecule has 0 fully saturated rings. The van der Waals surface area contributed by atoms with Crippen molar-refractivity contribution in [1.29, 1.82) is 0 Å². The molecule has 3 nitrogen and oxygen atoms in total. The molecule has 0 unspecified atom stereocenters. The van der Waals surface area contributed by atoms with Crippen LogP contribution in [-0.4, -0.2) is 18.8 Å². The number of nitrogens with two attached hydrogens (primary N) is 1. The third-order valence-electron chi connectivity index (χ3n) is 1.76. The van der Waals surface area contributed by atoms with E-state index in [9.17, 15) is 5.11 Å². The van der Waals surface area contributed by atoms with Crippen molar-refractivity contribution in [2.45, 2.75) is 6.42 Å². The topological polar surface area (TPSA) is 55.5 Å². The standard InChI is InChI=1S/C9H12ClNO2/c1-13-3-2-6-4-7(10)5-8(11)9(6)12/h4-5,12H,2-3,11H2,1H3. The summed E-state index contributed by atoms with van der Waals surface area (Å²) < 4.78 is 4.89. The Morgan fingerprint density at radius 1 is 1.54 bits per heavy atom. The molecule has 0 heterocycles. The number of hydrogen-bond acceptors (Lipinski definition) is 3. The predicted octanol–water partition coefficient (Wildman–Crippen LogP) is 1.82. The summed E-state index contributed by atoms with van der Waals surface area (Å²) in [6, 6.07) is 3.21. The Morgan fingerprint density at radius 2 is 2.23 bits per heavy atom. The van der Waals surface area contributed by atoms with Gasteiger partial charge in [0.25, 0.3) is 0 Å². The second-order valence-corrected chi connectivity index (χ2v) is 3.18. The molecule has 0 aromatic heterocycles. The highest BCUT2D eigenvalue weighted by Crippen LogP contribution is 2.29. The lowest BCUT2D eigenvalue weighted by molar-refractivity contribution is 0.201. The Kier molecular flexibility index (Phi) is 3.39. The summed E-state index contributed by atoms with van der Waals surface area (Å²) in [7, 11) is 1.60. The number of rotatable bonds is 3. The maximum Gasteiger partial charge on any atom is 0.141 e. The van der Waals surface area contributed by atoms with E-state index in [1.165, 1.54) is 6.07 Å². The molecule has 0 saturated carbocycles. The van der Waals surface area contributed by atoms with Gasteiger partial charge < -0.3 is 15.6 Å². The van der Waals surface area contributed by atoms with E-state index < -0.39 is 0 Å². The molecule has 0 aliphatic heterocycles. The normalized spacial score (nSPS) is 10.3. The Morgan fingerprint density at radius 3 is 2.85 bits per heavy atom. The molecule has 72 valence electrons. The van der Waals surface area contributed by atoms with E-state index in [1.807, 2.05) is 0 Å². The fourth-order valence-electron chi connectivity index (χ4n) is 1.08. The molecule has 1 aromatic carbocycles. The molecule has 0 spiro atoms. The quantitative estimate of drug-likeness (QED) is 0.580. The van der Waals surface area contributed by atoms with Crippen molar-refractivity contribution in [3.05, 3.63) is 22.7 Å². The largest absolute Gasteiger partial charge is 0.506 e. The number of halogens is 1. The van der Waals surface area contributed by atoms with Crippen LogP contribution in [0.3, 0.4) is 0 Å². The first-order valence-electron chi connectivity index (χ1n) is 3.91. The molecular weight excluding hydrogens is 190 g/mol. The maximum absolute atomic E-state index is 9.51. The molecule has 3 N–H and O–H groups in total. The first-order valence-corrected chi connectivity index (χ1v) is 4.28. The van der Waals surface area contributed by atoms with E-state index in [2.05, 4.69) is 0 Å². The van der Waals surface area contributed by atoms with Crippen molar-refractivity contribution in [1.82, 2.24) is 0 Å². The van der Waals surface area contributed by atoms with Crippen LogP contribution in [0.1, 0.15) is 5.56 Å². The Labute approximate surface area is 82.1 Å². The van der Waals surface area contributed by atoms with Crippen LogP contribution in [0, 0.1) is 0 Å². The lowest BCUT2D eigenvalue weighted by Gasteiger charge is -2.07.